The molecule has 0 saturated carbocycles. The van der Waals surface area contributed by atoms with Gasteiger partial charge in [0.2, 0.25) is 0 Å². The fourth-order valence-electron chi connectivity index (χ4n) is 1.65. The molecule has 16 heavy (non-hydrogen) atoms. The van der Waals surface area contributed by atoms with Crippen molar-refractivity contribution < 1.29 is 4.74 Å². The quantitative estimate of drug-likeness (QED) is 0.762. The second-order valence-corrected chi connectivity index (χ2v) is 4.17. The molecule has 0 spiro atoms. The van der Waals surface area contributed by atoms with Gasteiger partial charge in [-0.3, -0.25) is 0 Å². The third kappa shape index (κ3) is 4.23. The Balaban J connectivity index is 2.58. The van der Waals surface area contributed by atoms with Crippen LogP contribution in [0.25, 0.3) is 0 Å². The molecule has 1 unspecified atom stereocenters. The van der Waals surface area contributed by atoms with E-state index in [-0.39, 0.29) is 6.04 Å². The lowest BCUT2D eigenvalue weighted by atomic mass is 10.0. The predicted octanol–water partition coefficient (Wildman–Crippen LogP) is 3.67. The summed E-state index contributed by atoms with van der Waals surface area (Å²) in [5, 5.41) is 0. The molecule has 0 aliphatic rings. The number of unbranched alkanes of at least 4 members (excludes halogenated alkanes) is 1. The van der Waals surface area contributed by atoms with E-state index in [0.29, 0.717) is 0 Å². The van der Waals surface area contributed by atoms with Gasteiger partial charge in [-0.1, -0.05) is 38.8 Å². The van der Waals surface area contributed by atoms with Crippen LogP contribution in [0.1, 0.15) is 51.1 Å². The maximum atomic E-state index is 6.12. The lowest BCUT2D eigenvalue weighted by Gasteiger charge is -2.13. The van der Waals surface area contributed by atoms with Gasteiger partial charge in [0, 0.05) is 6.04 Å². The summed E-state index contributed by atoms with van der Waals surface area (Å²) in [7, 11) is 0. The Labute approximate surface area is 98.8 Å². The van der Waals surface area contributed by atoms with Gasteiger partial charge in [-0.05, 0) is 30.5 Å². The summed E-state index contributed by atoms with van der Waals surface area (Å²) in [6.45, 7) is 5.07. The molecule has 0 amide bonds. The molecule has 2 nitrogen and oxygen atoms in total. The molecular weight excluding hydrogens is 198 g/mol. The van der Waals surface area contributed by atoms with E-state index in [0.717, 1.165) is 25.2 Å². The minimum absolute atomic E-state index is 0.144. The number of nitrogens with two attached hydrogens (primary N) is 1. The van der Waals surface area contributed by atoms with Crippen LogP contribution in [0.4, 0.5) is 0 Å². The van der Waals surface area contributed by atoms with Crippen LogP contribution in [-0.2, 0) is 0 Å². The van der Waals surface area contributed by atoms with Crippen molar-refractivity contribution in [3.05, 3.63) is 29.8 Å². The molecule has 0 fully saturated rings. The van der Waals surface area contributed by atoms with Crippen LogP contribution < -0.4 is 10.5 Å². The smallest absolute Gasteiger partial charge is 0.119 e. The standard InChI is InChI=1S/C14H23NO/c1-3-5-9-14(15)12-7-6-8-13(11-12)16-10-4-2/h6-8,11,14H,3-5,9-10,15H2,1-2H3. The summed E-state index contributed by atoms with van der Waals surface area (Å²) in [6.07, 6.45) is 4.46. The number of hydrogen-bond acceptors (Lipinski definition) is 2. The zero-order valence-corrected chi connectivity index (χ0v) is 10.4. The molecule has 2 N–H and O–H groups in total. The van der Waals surface area contributed by atoms with E-state index in [1.807, 2.05) is 12.1 Å². The molecule has 1 atom stereocenters. The summed E-state index contributed by atoms with van der Waals surface area (Å²) in [5.74, 6) is 0.936. The highest BCUT2D eigenvalue weighted by atomic mass is 16.5. The van der Waals surface area contributed by atoms with Crippen LogP contribution in [0.15, 0.2) is 24.3 Å². The van der Waals surface area contributed by atoms with Gasteiger partial charge in [0.1, 0.15) is 5.75 Å². The number of benzene rings is 1. The van der Waals surface area contributed by atoms with E-state index < -0.39 is 0 Å². The molecular formula is C14H23NO. The number of rotatable bonds is 7. The number of ether oxygens (including phenoxy) is 1. The first kappa shape index (κ1) is 13.0. The minimum atomic E-state index is 0.144. The topological polar surface area (TPSA) is 35.2 Å². The van der Waals surface area contributed by atoms with Gasteiger partial charge < -0.3 is 10.5 Å². The van der Waals surface area contributed by atoms with Crippen LogP contribution in [-0.4, -0.2) is 6.61 Å². The zero-order chi connectivity index (χ0) is 11.8. The Morgan fingerprint density at radius 2 is 2.06 bits per heavy atom. The van der Waals surface area contributed by atoms with E-state index >= 15 is 0 Å². The van der Waals surface area contributed by atoms with Crippen molar-refractivity contribution in [2.75, 3.05) is 6.61 Å². The fourth-order valence-corrected chi connectivity index (χ4v) is 1.65. The summed E-state index contributed by atoms with van der Waals surface area (Å²) in [5.41, 5.74) is 7.31. The SMILES string of the molecule is CCCCC(N)c1cccc(OCCC)c1. The highest BCUT2D eigenvalue weighted by molar-refractivity contribution is 5.30. The van der Waals surface area contributed by atoms with Crippen LogP contribution in [0.5, 0.6) is 5.75 Å². The zero-order valence-electron chi connectivity index (χ0n) is 10.4. The Bertz CT molecular complexity index is 299. The number of hydrogen-bond donors (Lipinski definition) is 1. The van der Waals surface area contributed by atoms with E-state index in [9.17, 15) is 0 Å². The maximum absolute atomic E-state index is 6.12. The molecule has 1 aromatic rings. The predicted molar refractivity (Wildman–Crippen MR) is 68.7 cm³/mol. The highest BCUT2D eigenvalue weighted by Gasteiger charge is 2.06. The van der Waals surface area contributed by atoms with Crippen molar-refractivity contribution in [2.24, 2.45) is 5.73 Å². The monoisotopic (exact) mass is 221 g/mol. The van der Waals surface area contributed by atoms with Gasteiger partial charge in [-0.2, -0.15) is 0 Å². The Morgan fingerprint density at radius 3 is 2.75 bits per heavy atom. The van der Waals surface area contributed by atoms with Gasteiger partial charge in [0.25, 0.3) is 0 Å². The van der Waals surface area contributed by atoms with Crippen LogP contribution in [0.2, 0.25) is 0 Å². The second-order valence-electron chi connectivity index (χ2n) is 4.17. The molecule has 1 aromatic carbocycles. The van der Waals surface area contributed by atoms with Gasteiger partial charge >= 0.3 is 0 Å². The molecule has 0 bridgehead atoms. The minimum Gasteiger partial charge on any atom is -0.494 e. The van der Waals surface area contributed by atoms with Crippen molar-refractivity contribution in [3.8, 4) is 5.75 Å². The molecule has 1 rings (SSSR count). The molecule has 0 aliphatic heterocycles. The van der Waals surface area contributed by atoms with Crippen molar-refractivity contribution in [2.45, 2.75) is 45.6 Å². The molecule has 0 saturated heterocycles. The highest BCUT2D eigenvalue weighted by Crippen LogP contribution is 2.21. The third-order valence-corrected chi connectivity index (χ3v) is 2.63. The first-order valence-electron chi connectivity index (χ1n) is 6.26. The van der Waals surface area contributed by atoms with Gasteiger partial charge in [-0.25, -0.2) is 0 Å². The van der Waals surface area contributed by atoms with Crippen molar-refractivity contribution in [3.63, 3.8) is 0 Å². The molecule has 0 aromatic heterocycles. The van der Waals surface area contributed by atoms with E-state index in [1.165, 1.54) is 18.4 Å². The maximum Gasteiger partial charge on any atom is 0.119 e. The lowest BCUT2D eigenvalue weighted by Crippen LogP contribution is -2.10. The Hall–Kier alpha value is -1.02. The van der Waals surface area contributed by atoms with E-state index in [4.69, 9.17) is 10.5 Å². The van der Waals surface area contributed by atoms with Crippen molar-refractivity contribution in [1.29, 1.82) is 0 Å². The lowest BCUT2D eigenvalue weighted by molar-refractivity contribution is 0.317. The van der Waals surface area contributed by atoms with Crippen LogP contribution in [0.3, 0.4) is 0 Å². The van der Waals surface area contributed by atoms with Crippen molar-refractivity contribution >= 4 is 0 Å². The molecule has 0 radical (unpaired) electrons. The van der Waals surface area contributed by atoms with Crippen LogP contribution >= 0.6 is 0 Å². The molecule has 0 aliphatic carbocycles. The largest absolute Gasteiger partial charge is 0.494 e. The Morgan fingerprint density at radius 1 is 1.25 bits per heavy atom. The fraction of sp³-hybridized carbons (Fsp3) is 0.571. The summed E-state index contributed by atoms with van der Waals surface area (Å²) in [4.78, 5) is 0. The van der Waals surface area contributed by atoms with Gasteiger partial charge in [0.15, 0.2) is 0 Å². The van der Waals surface area contributed by atoms with Gasteiger partial charge in [0.05, 0.1) is 6.61 Å². The molecule has 90 valence electrons. The third-order valence-electron chi connectivity index (χ3n) is 2.63. The summed E-state index contributed by atoms with van der Waals surface area (Å²) >= 11 is 0. The Kier molecular flexibility index (Phi) is 5.94. The normalized spacial score (nSPS) is 12.4. The van der Waals surface area contributed by atoms with E-state index in [1.54, 1.807) is 0 Å². The van der Waals surface area contributed by atoms with Gasteiger partial charge in [-0.15, -0.1) is 0 Å². The summed E-state index contributed by atoms with van der Waals surface area (Å²) < 4.78 is 5.59. The molecule has 2 heteroatoms. The van der Waals surface area contributed by atoms with Crippen LogP contribution in [0, 0.1) is 0 Å². The van der Waals surface area contributed by atoms with E-state index in [2.05, 4.69) is 26.0 Å². The van der Waals surface area contributed by atoms with Crippen molar-refractivity contribution in [1.82, 2.24) is 0 Å². The average molecular weight is 221 g/mol. The first-order chi connectivity index (χ1) is 7.77. The molecule has 0 heterocycles. The first-order valence-corrected chi connectivity index (χ1v) is 6.26. The second kappa shape index (κ2) is 7.29. The average Bonchev–Trinajstić information content (AvgIpc) is 2.33. The summed E-state index contributed by atoms with van der Waals surface area (Å²) in [6, 6.07) is 8.30.